The fourth-order valence-electron chi connectivity index (χ4n) is 3.08. The molecule has 0 unspecified atom stereocenters. The van der Waals surface area contributed by atoms with Crippen LogP contribution in [0, 0.1) is 11.2 Å². The van der Waals surface area contributed by atoms with Crippen LogP contribution in [0.2, 0.25) is 0 Å². The number of aromatic hydroxyl groups is 1. The highest BCUT2D eigenvalue weighted by Gasteiger charge is 2.36. The minimum Gasteiger partial charge on any atom is -0.507 e. The molecule has 0 aliphatic carbocycles. The van der Waals surface area contributed by atoms with E-state index in [4.69, 9.17) is 0 Å². The van der Waals surface area contributed by atoms with Crippen LogP contribution >= 0.6 is 0 Å². The molecular formula is C16H23FN2O3. The quantitative estimate of drug-likeness (QED) is 0.880. The summed E-state index contributed by atoms with van der Waals surface area (Å²) in [5.41, 5.74) is -0.0732. The fourth-order valence-corrected chi connectivity index (χ4v) is 3.08. The highest BCUT2D eigenvalue weighted by Crippen LogP contribution is 2.32. The Kier molecular flexibility index (Phi) is 5.03. The molecule has 1 aromatic carbocycles. The summed E-state index contributed by atoms with van der Waals surface area (Å²) in [6, 6.07) is 3.42. The van der Waals surface area contributed by atoms with Crippen LogP contribution in [0.4, 0.5) is 4.39 Å². The molecule has 1 aromatic rings. The maximum atomic E-state index is 13.0. The monoisotopic (exact) mass is 310 g/mol. The molecule has 22 heavy (non-hydrogen) atoms. The second-order valence-electron chi connectivity index (χ2n) is 6.35. The van der Waals surface area contributed by atoms with Gasteiger partial charge in [0.15, 0.2) is 0 Å². The number of amides is 1. The van der Waals surface area contributed by atoms with Crippen molar-refractivity contribution >= 4 is 5.91 Å². The minimum atomic E-state index is -0.571. The van der Waals surface area contributed by atoms with Gasteiger partial charge in [0.1, 0.15) is 11.6 Å². The summed E-state index contributed by atoms with van der Waals surface area (Å²) in [6.07, 6.45) is 1.41. The summed E-state index contributed by atoms with van der Waals surface area (Å²) in [6.45, 7) is 1.90. The maximum absolute atomic E-state index is 13.0. The number of carbonyl (C=O) groups excluding carboxylic acids is 1. The second kappa shape index (κ2) is 6.62. The third-order valence-electron chi connectivity index (χ3n) is 4.29. The third kappa shape index (κ3) is 3.56. The average Bonchev–Trinajstić information content (AvgIpc) is 2.46. The van der Waals surface area contributed by atoms with Gasteiger partial charge < -0.3 is 20.0 Å². The first-order valence-electron chi connectivity index (χ1n) is 7.40. The van der Waals surface area contributed by atoms with Crippen LogP contribution < -0.4 is 0 Å². The number of halogens is 1. The van der Waals surface area contributed by atoms with Crippen molar-refractivity contribution in [3.63, 3.8) is 0 Å². The van der Waals surface area contributed by atoms with Gasteiger partial charge in [-0.1, -0.05) is 0 Å². The Bertz CT molecular complexity index is 540. The first-order valence-corrected chi connectivity index (χ1v) is 7.40. The Balaban J connectivity index is 2.06. The number of hydrogen-bond donors (Lipinski definition) is 2. The Hall–Kier alpha value is -1.66. The van der Waals surface area contributed by atoms with E-state index in [1.54, 1.807) is 4.90 Å². The Morgan fingerprint density at radius 2 is 2.00 bits per heavy atom. The van der Waals surface area contributed by atoms with Gasteiger partial charge in [-0.15, -0.1) is 0 Å². The highest BCUT2D eigenvalue weighted by molar-refractivity contribution is 5.96. The zero-order valence-electron chi connectivity index (χ0n) is 13.0. The van der Waals surface area contributed by atoms with Gasteiger partial charge in [-0.3, -0.25) is 4.79 Å². The van der Waals surface area contributed by atoms with Crippen molar-refractivity contribution in [2.24, 2.45) is 5.41 Å². The Labute approximate surface area is 130 Å². The predicted molar refractivity (Wildman–Crippen MR) is 81.3 cm³/mol. The lowest BCUT2D eigenvalue weighted by Crippen LogP contribution is -2.48. The molecule has 2 N–H and O–H groups in total. The molecule has 0 atom stereocenters. The van der Waals surface area contributed by atoms with Crippen LogP contribution in [-0.4, -0.2) is 66.3 Å². The standard InChI is InChI=1S/C16H23FN2O3/c1-18(2)10-16(11-20)5-7-19(8-6-16)15(22)13-4-3-12(17)9-14(13)21/h3-4,9,20-21H,5-8,10-11H2,1-2H3. The second-order valence-corrected chi connectivity index (χ2v) is 6.35. The van der Waals surface area contributed by atoms with E-state index in [1.165, 1.54) is 12.1 Å². The fraction of sp³-hybridized carbons (Fsp3) is 0.562. The Morgan fingerprint density at radius 3 is 2.50 bits per heavy atom. The zero-order valence-corrected chi connectivity index (χ0v) is 13.0. The van der Waals surface area contributed by atoms with Crippen molar-refractivity contribution in [3.8, 4) is 5.75 Å². The number of aliphatic hydroxyl groups is 1. The molecule has 0 spiro atoms. The van der Waals surface area contributed by atoms with Gasteiger partial charge in [0, 0.05) is 31.1 Å². The van der Waals surface area contributed by atoms with Crippen LogP contribution in [0.25, 0.3) is 0 Å². The summed E-state index contributed by atoms with van der Waals surface area (Å²) in [4.78, 5) is 16.1. The number of hydrogen-bond acceptors (Lipinski definition) is 4. The van der Waals surface area contributed by atoms with Gasteiger partial charge in [0.25, 0.3) is 5.91 Å². The maximum Gasteiger partial charge on any atom is 0.257 e. The molecule has 1 fully saturated rings. The largest absolute Gasteiger partial charge is 0.507 e. The van der Waals surface area contributed by atoms with Crippen molar-refractivity contribution < 1.29 is 19.4 Å². The summed E-state index contributed by atoms with van der Waals surface area (Å²) in [5.74, 6) is -1.20. The summed E-state index contributed by atoms with van der Waals surface area (Å²) < 4.78 is 13.0. The average molecular weight is 310 g/mol. The van der Waals surface area contributed by atoms with E-state index in [-0.39, 0.29) is 29.2 Å². The predicted octanol–water partition coefficient (Wildman–Crippen LogP) is 1.31. The van der Waals surface area contributed by atoms with Gasteiger partial charge in [-0.2, -0.15) is 0 Å². The smallest absolute Gasteiger partial charge is 0.257 e. The van der Waals surface area contributed by atoms with E-state index < -0.39 is 5.82 Å². The van der Waals surface area contributed by atoms with Crippen LogP contribution in [-0.2, 0) is 0 Å². The first kappa shape index (κ1) is 16.7. The number of likely N-dealkylation sites (tertiary alicyclic amines) is 1. The lowest BCUT2D eigenvalue weighted by Gasteiger charge is -2.42. The minimum absolute atomic E-state index is 0.0923. The number of aliphatic hydroxyl groups excluding tert-OH is 1. The van der Waals surface area contributed by atoms with Crippen LogP contribution in [0.5, 0.6) is 5.75 Å². The van der Waals surface area contributed by atoms with Crippen molar-refractivity contribution in [3.05, 3.63) is 29.6 Å². The first-order chi connectivity index (χ1) is 10.4. The van der Waals surface area contributed by atoms with E-state index in [0.29, 0.717) is 25.9 Å². The molecular weight excluding hydrogens is 287 g/mol. The highest BCUT2D eigenvalue weighted by atomic mass is 19.1. The molecule has 0 aromatic heterocycles. The lowest BCUT2D eigenvalue weighted by atomic mass is 9.78. The normalized spacial score (nSPS) is 17.8. The third-order valence-corrected chi connectivity index (χ3v) is 4.29. The lowest BCUT2D eigenvalue weighted by molar-refractivity contribution is 0.0221. The molecule has 2 rings (SSSR count). The zero-order chi connectivity index (χ0) is 16.3. The van der Waals surface area contributed by atoms with E-state index in [9.17, 15) is 19.4 Å². The van der Waals surface area contributed by atoms with Crippen molar-refractivity contribution in [1.82, 2.24) is 9.80 Å². The summed E-state index contributed by atoms with van der Waals surface area (Å²) >= 11 is 0. The molecule has 1 saturated heterocycles. The molecule has 0 radical (unpaired) electrons. The number of phenolic OH excluding ortho intramolecular Hbond substituents is 1. The van der Waals surface area contributed by atoms with E-state index >= 15 is 0 Å². The van der Waals surface area contributed by atoms with Crippen molar-refractivity contribution in [1.29, 1.82) is 0 Å². The molecule has 1 aliphatic rings. The SMILES string of the molecule is CN(C)CC1(CO)CCN(C(=O)c2ccc(F)cc2O)CC1. The van der Waals surface area contributed by atoms with Gasteiger partial charge in [-0.25, -0.2) is 4.39 Å². The number of rotatable bonds is 4. The molecule has 1 amide bonds. The summed E-state index contributed by atoms with van der Waals surface area (Å²) in [5, 5.41) is 19.4. The van der Waals surface area contributed by atoms with Crippen LogP contribution in [0.1, 0.15) is 23.2 Å². The van der Waals surface area contributed by atoms with E-state index in [2.05, 4.69) is 0 Å². The van der Waals surface area contributed by atoms with Gasteiger partial charge in [0.2, 0.25) is 0 Å². The number of nitrogens with zero attached hydrogens (tertiary/aromatic N) is 2. The van der Waals surface area contributed by atoms with Crippen molar-refractivity contribution in [2.45, 2.75) is 12.8 Å². The molecule has 1 heterocycles. The number of phenols is 1. The van der Waals surface area contributed by atoms with Crippen LogP contribution in [0.15, 0.2) is 18.2 Å². The van der Waals surface area contributed by atoms with E-state index in [1.807, 2.05) is 19.0 Å². The Morgan fingerprint density at radius 1 is 1.36 bits per heavy atom. The number of piperidine rings is 1. The van der Waals surface area contributed by atoms with Gasteiger partial charge in [0.05, 0.1) is 12.2 Å². The van der Waals surface area contributed by atoms with E-state index in [0.717, 1.165) is 12.6 Å². The van der Waals surface area contributed by atoms with Gasteiger partial charge in [-0.05, 0) is 39.1 Å². The number of carbonyl (C=O) groups is 1. The summed E-state index contributed by atoms with van der Waals surface area (Å²) in [7, 11) is 3.93. The topological polar surface area (TPSA) is 64.0 Å². The number of benzene rings is 1. The van der Waals surface area contributed by atoms with Crippen molar-refractivity contribution in [2.75, 3.05) is 40.3 Å². The molecule has 6 heteroatoms. The molecule has 0 bridgehead atoms. The molecule has 1 aliphatic heterocycles. The molecule has 5 nitrogen and oxygen atoms in total. The van der Waals surface area contributed by atoms with Gasteiger partial charge >= 0.3 is 0 Å². The molecule has 122 valence electrons. The molecule has 0 saturated carbocycles. The van der Waals surface area contributed by atoms with Crippen LogP contribution in [0.3, 0.4) is 0 Å².